The summed E-state index contributed by atoms with van der Waals surface area (Å²) in [4.78, 5) is 9.34. The first-order valence-electron chi connectivity index (χ1n) is 7.50. The van der Waals surface area contributed by atoms with Gasteiger partial charge in [-0.1, -0.05) is 0 Å². The van der Waals surface area contributed by atoms with Gasteiger partial charge in [-0.05, 0) is 56.3 Å². The monoisotopic (exact) mass is 258 g/mol. The van der Waals surface area contributed by atoms with Gasteiger partial charge in [0.25, 0.3) is 0 Å². The summed E-state index contributed by atoms with van der Waals surface area (Å²) in [6.45, 7) is 0. The number of nitrogens with one attached hydrogen (secondary N) is 1. The van der Waals surface area contributed by atoms with Gasteiger partial charge in [0.15, 0.2) is 0 Å². The summed E-state index contributed by atoms with van der Waals surface area (Å²) in [7, 11) is 1.89. The summed E-state index contributed by atoms with van der Waals surface area (Å²) in [5, 5.41) is 3.11. The van der Waals surface area contributed by atoms with E-state index in [2.05, 4.69) is 10.3 Å². The molecule has 4 nitrogen and oxygen atoms in total. The molecule has 4 bridgehead atoms. The first-order valence-corrected chi connectivity index (χ1v) is 7.50. The van der Waals surface area contributed by atoms with Crippen molar-refractivity contribution >= 4 is 11.6 Å². The number of aromatic nitrogens is 2. The van der Waals surface area contributed by atoms with Gasteiger partial charge in [-0.25, -0.2) is 9.97 Å². The lowest BCUT2D eigenvalue weighted by Crippen LogP contribution is -2.49. The van der Waals surface area contributed by atoms with E-state index in [1.54, 1.807) is 0 Å². The Morgan fingerprint density at radius 2 is 1.68 bits per heavy atom. The molecule has 0 amide bonds. The summed E-state index contributed by atoms with van der Waals surface area (Å²) in [6, 6.07) is 1.82. The van der Waals surface area contributed by atoms with Gasteiger partial charge in [-0.3, -0.25) is 0 Å². The molecule has 0 aromatic carbocycles. The quantitative estimate of drug-likeness (QED) is 0.855. The van der Waals surface area contributed by atoms with Crippen LogP contribution in [0.4, 0.5) is 11.6 Å². The lowest BCUT2D eigenvalue weighted by atomic mass is 9.49. The zero-order valence-electron chi connectivity index (χ0n) is 11.5. The third-order valence-corrected chi connectivity index (χ3v) is 5.51. The summed E-state index contributed by atoms with van der Waals surface area (Å²) in [5.74, 6) is 5.21. The van der Waals surface area contributed by atoms with Gasteiger partial charge < -0.3 is 11.1 Å². The largest absolute Gasteiger partial charge is 0.384 e. The molecule has 0 atom stereocenters. The average Bonchev–Trinajstić information content (AvgIpc) is 2.36. The third-order valence-electron chi connectivity index (χ3n) is 5.51. The minimum atomic E-state index is 0.232. The molecule has 1 heterocycles. The number of rotatable bonds is 2. The standard InChI is InChI=1S/C15H22N4/c1-17-13-5-12(16)18-14(19-13)15-6-9-2-10(7-15)4-11(3-9)8-15/h5,9-11H,2-4,6-8H2,1H3,(H3,16,17,18,19). The summed E-state index contributed by atoms with van der Waals surface area (Å²) >= 11 is 0. The van der Waals surface area contributed by atoms with Crippen molar-refractivity contribution in [3.05, 3.63) is 11.9 Å². The van der Waals surface area contributed by atoms with E-state index in [9.17, 15) is 0 Å². The van der Waals surface area contributed by atoms with Crippen molar-refractivity contribution in [2.45, 2.75) is 43.9 Å². The van der Waals surface area contributed by atoms with Crippen LogP contribution in [0.25, 0.3) is 0 Å². The molecular formula is C15H22N4. The van der Waals surface area contributed by atoms with E-state index in [0.29, 0.717) is 5.82 Å². The zero-order valence-corrected chi connectivity index (χ0v) is 11.5. The normalized spacial score (nSPS) is 39.5. The van der Waals surface area contributed by atoms with E-state index in [1.807, 2.05) is 13.1 Å². The van der Waals surface area contributed by atoms with Crippen molar-refractivity contribution in [1.29, 1.82) is 0 Å². The van der Waals surface area contributed by atoms with Crippen LogP contribution < -0.4 is 11.1 Å². The maximum atomic E-state index is 5.96. The van der Waals surface area contributed by atoms with Crippen molar-refractivity contribution in [1.82, 2.24) is 9.97 Å². The van der Waals surface area contributed by atoms with E-state index in [-0.39, 0.29) is 5.41 Å². The lowest BCUT2D eigenvalue weighted by Gasteiger charge is -2.56. The highest BCUT2D eigenvalue weighted by atomic mass is 15.0. The molecule has 4 aliphatic carbocycles. The highest BCUT2D eigenvalue weighted by Crippen LogP contribution is 2.60. The molecule has 4 saturated carbocycles. The molecule has 1 aromatic heterocycles. The fourth-order valence-electron chi connectivity index (χ4n) is 5.22. The van der Waals surface area contributed by atoms with Crippen LogP contribution in [-0.2, 0) is 5.41 Å². The van der Waals surface area contributed by atoms with Crippen LogP contribution in [0, 0.1) is 17.8 Å². The van der Waals surface area contributed by atoms with Crippen LogP contribution in [0.2, 0.25) is 0 Å². The fraction of sp³-hybridized carbons (Fsp3) is 0.733. The molecule has 102 valence electrons. The molecule has 4 fully saturated rings. The molecule has 0 saturated heterocycles. The first-order chi connectivity index (χ1) is 9.17. The van der Waals surface area contributed by atoms with Gasteiger partial charge in [0.1, 0.15) is 17.5 Å². The predicted octanol–water partition coefficient (Wildman–Crippen LogP) is 2.57. The number of hydrogen-bond donors (Lipinski definition) is 2. The Balaban J connectivity index is 1.77. The number of anilines is 2. The second-order valence-corrected chi connectivity index (χ2v) is 6.95. The molecule has 4 aliphatic rings. The Labute approximate surface area is 114 Å². The number of nitrogen functional groups attached to an aromatic ring is 1. The molecule has 0 spiro atoms. The van der Waals surface area contributed by atoms with E-state index in [4.69, 9.17) is 10.7 Å². The number of hydrogen-bond acceptors (Lipinski definition) is 4. The van der Waals surface area contributed by atoms with Gasteiger partial charge in [-0.2, -0.15) is 0 Å². The molecule has 0 radical (unpaired) electrons. The molecule has 4 heteroatoms. The zero-order chi connectivity index (χ0) is 13.0. The molecule has 1 aromatic rings. The second-order valence-electron chi connectivity index (χ2n) is 6.95. The van der Waals surface area contributed by atoms with Crippen molar-refractivity contribution < 1.29 is 0 Å². The van der Waals surface area contributed by atoms with Gasteiger partial charge in [0.2, 0.25) is 0 Å². The Kier molecular flexibility index (Phi) is 2.32. The van der Waals surface area contributed by atoms with E-state index in [0.717, 1.165) is 29.4 Å². The molecular weight excluding hydrogens is 236 g/mol. The van der Waals surface area contributed by atoms with E-state index >= 15 is 0 Å². The maximum Gasteiger partial charge on any atom is 0.139 e. The minimum absolute atomic E-state index is 0.232. The highest BCUT2D eigenvalue weighted by molar-refractivity contribution is 5.45. The number of nitrogens with two attached hydrogens (primary N) is 1. The van der Waals surface area contributed by atoms with Crippen LogP contribution in [0.1, 0.15) is 44.3 Å². The highest BCUT2D eigenvalue weighted by Gasteiger charge is 2.53. The van der Waals surface area contributed by atoms with E-state index < -0.39 is 0 Å². The molecule has 0 unspecified atom stereocenters. The van der Waals surface area contributed by atoms with Gasteiger partial charge in [0.05, 0.1) is 0 Å². The topological polar surface area (TPSA) is 63.8 Å². The van der Waals surface area contributed by atoms with Crippen molar-refractivity contribution in [2.24, 2.45) is 17.8 Å². The summed E-state index contributed by atoms with van der Waals surface area (Å²) in [6.07, 6.45) is 8.18. The molecule has 19 heavy (non-hydrogen) atoms. The molecule has 0 aliphatic heterocycles. The van der Waals surface area contributed by atoms with Crippen LogP contribution >= 0.6 is 0 Å². The van der Waals surface area contributed by atoms with Crippen LogP contribution in [0.5, 0.6) is 0 Å². The predicted molar refractivity (Wildman–Crippen MR) is 75.8 cm³/mol. The SMILES string of the molecule is CNc1cc(N)nc(C23CC4CC(CC(C4)C2)C3)n1. The smallest absolute Gasteiger partial charge is 0.139 e. The van der Waals surface area contributed by atoms with Crippen LogP contribution in [0.3, 0.4) is 0 Å². The fourth-order valence-corrected chi connectivity index (χ4v) is 5.22. The summed E-state index contributed by atoms with van der Waals surface area (Å²) in [5.41, 5.74) is 6.19. The van der Waals surface area contributed by atoms with E-state index in [1.165, 1.54) is 38.5 Å². The third kappa shape index (κ3) is 1.72. The molecule has 3 N–H and O–H groups in total. The van der Waals surface area contributed by atoms with Gasteiger partial charge in [0, 0.05) is 18.5 Å². The second kappa shape index (κ2) is 3.84. The van der Waals surface area contributed by atoms with Crippen molar-refractivity contribution in [2.75, 3.05) is 18.1 Å². The van der Waals surface area contributed by atoms with Crippen molar-refractivity contribution in [3.63, 3.8) is 0 Å². The minimum Gasteiger partial charge on any atom is -0.384 e. The Morgan fingerprint density at radius 1 is 1.11 bits per heavy atom. The number of nitrogens with zero attached hydrogens (tertiary/aromatic N) is 2. The molecule has 5 rings (SSSR count). The van der Waals surface area contributed by atoms with Crippen LogP contribution in [0.15, 0.2) is 6.07 Å². The Hall–Kier alpha value is -1.32. The lowest BCUT2D eigenvalue weighted by molar-refractivity contribution is -0.00926. The Bertz CT molecular complexity index is 476. The average molecular weight is 258 g/mol. The van der Waals surface area contributed by atoms with Gasteiger partial charge >= 0.3 is 0 Å². The van der Waals surface area contributed by atoms with Crippen molar-refractivity contribution in [3.8, 4) is 0 Å². The summed E-state index contributed by atoms with van der Waals surface area (Å²) < 4.78 is 0. The van der Waals surface area contributed by atoms with Gasteiger partial charge in [-0.15, -0.1) is 0 Å². The maximum absolute atomic E-state index is 5.96. The Morgan fingerprint density at radius 3 is 2.21 bits per heavy atom. The first kappa shape index (κ1) is 11.5. The van der Waals surface area contributed by atoms with Crippen LogP contribution in [-0.4, -0.2) is 17.0 Å².